The third-order valence-corrected chi connectivity index (χ3v) is 3.73. The molecule has 8 heteroatoms. The summed E-state index contributed by atoms with van der Waals surface area (Å²) in [4.78, 5) is 17.2. The Hall–Kier alpha value is -2.87. The lowest BCUT2D eigenvalue weighted by Crippen LogP contribution is -2.28. The lowest BCUT2D eigenvalue weighted by molar-refractivity contribution is 0.0819. The molecule has 0 aliphatic heterocycles. The molecule has 0 spiro atoms. The Labute approximate surface area is 146 Å². The van der Waals surface area contributed by atoms with Gasteiger partial charge in [0, 0.05) is 6.07 Å². The SMILES string of the molecule is C[C@H](N)c1nc2cccc(F)c2c(=O)n1-c1cccc(OCC(F)F)c1. The fourth-order valence-corrected chi connectivity index (χ4v) is 2.63. The molecule has 0 amide bonds. The van der Waals surface area contributed by atoms with Crippen molar-refractivity contribution in [2.75, 3.05) is 6.61 Å². The molecule has 0 saturated heterocycles. The van der Waals surface area contributed by atoms with E-state index in [1.165, 1.54) is 34.9 Å². The first kappa shape index (κ1) is 17.9. The van der Waals surface area contributed by atoms with E-state index in [4.69, 9.17) is 10.5 Å². The van der Waals surface area contributed by atoms with E-state index in [-0.39, 0.29) is 22.5 Å². The van der Waals surface area contributed by atoms with E-state index >= 15 is 0 Å². The summed E-state index contributed by atoms with van der Waals surface area (Å²) >= 11 is 0. The highest BCUT2D eigenvalue weighted by Gasteiger charge is 2.18. The van der Waals surface area contributed by atoms with Crippen molar-refractivity contribution in [2.24, 2.45) is 5.73 Å². The minimum atomic E-state index is -2.63. The Balaban J connectivity index is 2.22. The molecule has 1 heterocycles. The first-order valence-corrected chi connectivity index (χ1v) is 7.86. The second-order valence-corrected chi connectivity index (χ2v) is 5.73. The molecule has 1 atom stereocenters. The number of hydrogen-bond acceptors (Lipinski definition) is 4. The summed E-state index contributed by atoms with van der Waals surface area (Å²) < 4.78 is 45.0. The average Bonchev–Trinajstić information content (AvgIpc) is 2.59. The zero-order valence-electron chi connectivity index (χ0n) is 13.8. The molecule has 0 radical (unpaired) electrons. The first-order chi connectivity index (χ1) is 12.4. The zero-order chi connectivity index (χ0) is 18.8. The summed E-state index contributed by atoms with van der Waals surface area (Å²) in [5.41, 5.74) is 5.80. The van der Waals surface area contributed by atoms with Gasteiger partial charge >= 0.3 is 0 Å². The van der Waals surface area contributed by atoms with Crippen LogP contribution in [-0.4, -0.2) is 22.6 Å². The van der Waals surface area contributed by atoms with E-state index in [0.29, 0.717) is 5.69 Å². The minimum absolute atomic E-state index is 0.152. The summed E-state index contributed by atoms with van der Waals surface area (Å²) in [5, 5.41) is -0.171. The van der Waals surface area contributed by atoms with E-state index in [9.17, 15) is 18.0 Å². The average molecular weight is 363 g/mol. The second-order valence-electron chi connectivity index (χ2n) is 5.73. The highest BCUT2D eigenvalue weighted by atomic mass is 19.3. The van der Waals surface area contributed by atoms with Crippen LogP contribution in [0.1, 0.15) is 18.8 Å². The van der Waals surface area contributed by atoms with Crippen LogP contribution in [0, 0.1) is 5.82 Å². The molecule has 136 valence electrons. The molecule has 26 heavy (non-hydrogen) atoms. The highest BCUT2D eigenvalue weighted by Crippen LogP contribution is 2.21. The maximum Gasteiger partial charge on any atom is 0.272 e. The van der Waals surface area contributed by atoms with Gasteiger partial charge in [-0.1, -0.05) is 12.1 Å². The van der Waals surface area contributed by atoms with Gasteiger partial charge in [0.05, 0.1) is 17.2 Å². The first-order valence-electron chi connectivity index (χ1n) is 7.86. The minimum Gasteiger partial charge on any atom is -0.488 e. The van der Waals surface area contributed by atoms with Gasteiger partial charge < -0.3 is 10.5 Å². The lowest BCUT2D eigenvalue weighted by atomic mass is 10.2. The van der Waals surface area contributed by atoms with Crippen molar-refractivity contribution in [3.63, 3.8) is 0 Å². The van der Waals surface area contributed by atoms with E-state index in [1.807, 2.05) is 0 Å². The van der Waals surface area contributed by atoms with Gasteiger partial charge in [0.15, 0.2) is 0 Å². The van der Waals surface area contributed by atoms with Crippen LogP contribution in [0.15, 0.2) is 47.3 Å². The zero-order valence-corrected chi connectivity index (χ0v) is 13.8. The van der Waals surface area contributed by atoms with Gasteiger partial charge in [-0.3, -0.25) is 9.36 Å². The molecule has 0 aliphatic carbocycles. The standard InChI is InChI=1S/C18H16F3N3O2/c1-10(22)17-23-14-7-3-6-13(19)16(14)18(25)24(17)11-4-2-5-12(8-11)26-9-15(20)21/h2-8,10,15H,9,22H2,1H3/t10-/m0/s1. The van der Waals surface area contributed by atoms with Crippen LogP contribution in [-0.2, 0) is 0 Å². The number of hydrogen-bond donors (Lipinski definition) is 1. The van der Waals surface area contributed by atoms with E-state index in [0.717, 1.165) is 0 Å². The summed E-state index contributed by atoms with van der Waals surface area (Å²) in [6, 6.07) is 9.53. The van der Waals surface area contributed by atoms with Crippen LogP contribution >= 0.6 is 0 Å². The summed E-state index contributed by atoms with van der Waals surface area (Å²) in [7, 11) is 0. The van der Waals surface area contributed by atoms with E-state index in [2.05, 4.69) is 4.98 Å². The third kappa shape index (κ3) is 3.41. The predicted octanol–water partition coefficient (Wildman–Crippen LogP) is 3.19. The number of nitrogens with two attached hydrogens (primary N) is 1. The molecule has 0 bridgehead atoms. The molecule has 2 N–H and O–H groups in total. The van der Waals surface area contributed by atoms with Crippen molar-refractivity contribution in [1.82, 2.24) is 9.55 Å². The van der Waals surface area contributed by atoms with Gasteiger partial charge in [-0.15, -0.1) is 0 Å². The molecule has 0 fully saturated rings. The van der Waals surface area contributed by atoms with Crippen LogP contribution in [0.4, 0.5) is 13.2 Å². The van der Waals surface area contributed by atoms with Gasteiger partial charge in [-0.2, -0.15) is 0 Å². The monoisotopic (exact) mass is 363 g/mol. The number of rotatable bonds is 5. The topological polar surface area (TPSA) is 70.1 Å². The number of halogens is 3. The largest absolute Gasteiger partial charge is 0.488 e. The van der Waals surface area contributed by atoms with Crippen molar-refractivity contribution in [3.8, 4) is 11.4 Å². The van der Waals surface area contributed by atoms with E-state index < -0.39 is 30.5 Å². The van der Waals surface area contributed by atoms with Crippen LogP contribution < -0.4 is 16.0 Å². The fourth-order valence-electron chi connectivity index (χ4n) is 2.63. The van der Waals surface area contributed by atoms with Crippen LogP contribution in [0.5, 0.6) is 5.75 Å². The third-order valence-electron chi connectivity index (χ3n) is 3.73. The van der Waals surface area contributed by atoms with Crippen LogP contribution in [0.25, 0.3) is 16.6 Å². The number of ether oxygens (including phenoxy) is 1. The van der Waals surface area contributed by atoms with Crippen molar-refractivity contribution < 1.29 is 17.9 Å². The second kappa shape index (κ2) is 7.17. The number of fused-ring (bicyclic) bond motifs is 1. The normalized spacial score (nSPS) is 12.5. The number of alkyl halides is 2. The molecule has 0 saturated carbocycles. The van der Waals surface area contributed by atoms with E-state index in [1.54, 1.807) is 19.1 Å². The maximum atomic E-state index is 14.2. The van der Waals surface area contributed by atoms with Crippen LogP contribution in [0.3, 0.4) is 0 Å². The van der Waals surface area contributed by atoms with Gasteiger partial charge in [0.25, 0.3) is 12.0 Å². The molecular formula is C18H16F3N3O2. The Morgan fingerprint density at radius 1 is 1.23 bits per heavy atom. The lowest BCUT2D eigenvalue weighted by Gasteiger charge is -2.17. The van der Waals surface area contributed by atoms with Crippen molar-refractivity contribution in [1.29, 1.82) is 0 Å². The molecule has 3 aromatic rings. The molecule has 3 rings (SSSR count). The molecule has 0 aliphatic rings. The number of benzene rings is 2. The molecule has 0 unspecified atom stereocenters. The van der Waals surface area contributed by atoms with Gasteiger partial charge in [0.1, 0.15) is 29.4 Å². The van der Waals surface area contributed by atoms with Gasteiger partial charge in [0.2, 0.25) is 0 Å². The van der Waals surface area contributed by atoms with Crippen molar-refractivity contribution >= 4 is 10.9 Å². The Morgan fingerprint density at radius 2 is 1.96 bits per heavy atom. The Morgan fingerprint density at radius 3 is 2.65 bits per heavy atom. The summed E-state index contributed by atoms with van der Waals surface area (Å²) in [5.74, 6) is -0.326. The highest BCUT2D eigenvalue weighted by molar-refractivity contribution is 5.78. The van der Waals surface area contributed by atoms with Crippen molar-refractivity contribution in [2.45, 2.75) is 19.4 Å². The van der Waals surface area contributed by atoms with Crippen LogP contribution in [0.2, 0.25) is 0 Å². The maximum absolute atomic E-state index is 14.2. The Bertz CT molecular complexity index is 1000. The molecular weight excluding hydrogens is 347 g/mol. The molecule has 2 aromatic carbocycles. The number of nitrogens with zero attached hydrogens (tertiary/aromatic N) is 2. The quantitative estimate of drug-likeness (QED) is 0.756. The summed E-state index contributed by atoms with van der Waals surface area (Å²) in [6.45, 7) is 0.865. The Kier molecular flexibility index (Phi) is 4.94. The summed E-state index contributed by atoms with van der Waals surface area (Å²) in [6.07, 6.45) is -2.63. The number of aromatic nitrogens is 2. The predicted molar refractivity (Wildman–Crippen MR) is 91.4 cm³/mol. The molecule has 5 nitrogen and oxygen atoms in total. The smallest absolute Gasteiger partial charge is 0.272 e. The fraction of sp³-hybridized carbons (Fsp3) is 0.222. The van der Waals surface area contributed by atoms with Crippen molar-refractivity contribution in [3.05, 3.63) is 64.5 Å². The van der Waals surface area contributed by atoms with Gasteiger partial charge in [-0.05, 0) is 31.2 Å². The van der Waals surface area contributed by atoms with Gasteiger partial charge in [-0.25, -0.2) is 18.2 Å². The molecule has 1 aromatic heterocycles.